The van der Waals surface area contributed by atoms with Gasteiger partial charge in [-0.3, -0.25) is 0 Å². The summed E-state index contributed by atoms with van der Waals surface area (Å²) in [6, 6.07) is 0. The highest BCUT2D eigenvalue weighted by molar-refractivity contribution is 7.98. The van der Waals surface area contributed by atoms with Gasteiger partial charge in [0, 0.05) is 18.9 Å². The van der Waals surface area contributed by atoms with Gasteiger partial charge < -0.3 is 5.32 Å². The zero-order valence-electron chi connectivity index (χ0n) is 8.79. The summed E-state index contributed by atoms with van der Waals surface area (Å²) in [6.07, 6.45) is 8.23. The molecule has 1 rings (SSSR count). The van der Waals surface area contributed by atoms with Gasteiger partial charge in [-0.2, -0.15) is 11.8 Å². The molecular weight excluding hydrogens is 194 g/mol. The SMILES string of the molecule is CSCCCCNc1ncc(C)cn1. The van der Waals surface area contributed by atoms with Crippen LogP contribution in [0.5, 0.6) is 0 Å². The van der Waals surface area contributed by atoms with Crippen LogP contribution in [-0.2, 0) is 0 Å². The maximum Gasteiger partial charge on any atom is 0.222 e. The van der Waals surface area contributed by atoms with Gasteiger partial charge in [0.05, 0.1) is 0 Å². The van der Waals surface area contributed by atoms with Gasteiger partial charge in [0.25, 0.3) is 0 Å². The summed E-state index contributed by atoms with van der Waals surface area (Å²) in [6.45, 7) is 2.95. The van der Waals surface area contributed by atoms with E-state index in [-0.39, 0.29) is 0 Å². The van der Waals surface area contributed by atoms with Gasteiger partial charge >= 0.3 is 0 Å². The van der Waals surface area contributed by atoms with Gasteiger partial charge in [-0.25, -0.2) is 9.97 Å². The van der Waals surface area contributed by atoms with Crippen molar-refractivity contribution < 1.29 is 0 Å². The van der Waals surface area contributed by atoms with Crippen LogP contribution in [0, 0.1) is 6.92 Å². The largest absolute Gasteiger partial charge is 0.354 e. The molecule has 1 heterocycles. The molecule has 0 aromatic carbocycles. The molecule has 0 bridgehead atoms. The lowest BCUT2D eigenvalue weighted by molar-refractivity contribution is 0.834. The normalized spacial score (nSPS) is 10.1. The number of aromatic nitrogens is 2. The molecule has 0 aliphatic rings. The molecule has 1 N–H and O–H groups in total. The van der Waals surface area contributed by atoms with E-state index in [9.17, 15) is 0 Å². The third-order valence-corrected chi connectivity index (χ3v) is 2.54. The van der Waals surface area contributed by atoms with E-state index in [0.29, 0.717) is 0 Å². The van der Waals surface area contributed by atoms with Crippen LogP contribution in [-0.4, -0.2) is 28.5 Å². The molecule has 0 aliphatic carbocycles. The smallest absolute Gasteiger partial charge is 0.222 e. The molecule has 4 heteroatoms. The summed E-state index contributed by atoms with van der Waals surface area (Å²) in [7, 11) is 0. The number of anilines is 1. The minimum Gasteiger partial charge on any atom is -0.354 e. The van der Waals surface area contributed by atoms with Crippen LogP contribution < -0.4 is 5.32 Å². The van der Waals surface area contributed by atoms with Crippen LogP contribution in [0.4, 0.5) is 5.95 Å². The van der Waals surface area contributed by atoms with Crippen molar-refractivity contribution >= 4 is 17.7 Å². The number of nitrogens with one attached hydrogen (secondary N) is 1. The van der Waals surface area contributed by atoms with Crippen molar-refractivity contribution in [2.45, 2.75) is 19.8 Å². The maximum atomic E-state index is 4.17. The second-order valence-electron chi connectivity index (χ2n) is 3.21. The van der Waals surface area contributed by atoms with Crippen LogP contribution >= 0.6 is 11.8 Å². The minimum absolute atomic E-state index is 0.736. The molecule has 0 fully saturated rings. The monoisotopic (exact) mass is 211 g/mol. The van der Waals surface area contributed by atoms with Gasteiger partial charge in [-0.1, -0.05) is 0 Å². The predicted octanol–water partition coefficient (Wildman–Crippen LogP) is 2.34. The van der Waals surface area contributed by atoms with E-state index in [1.54, 1.807) is 0 Å². The van der Waals surface area contributed by atoms with E-state index >= 15 is 0 Å². The van der Waals surface area contributed by atoms with Crippen molar-refractivity contribution in [2.24, 2.45) is 0 Å². The maximum absolute atomic E-state index is 4.17. The zero-order chi connectivity index (χ0) is 10.2. The number of thioether (sulfide) groups is 1. The first-order chi connectivity index (χ1) is 6.83. The van der Waals surface area contributed by atoms with Crippen molar-refractivity contribution in [3.8, 4) is 0 Å². The van der Waals surface area contributed by atoms with Crippen molar-refractivity contribution in [3.05, 3.63) is 18.0 Å². The quantitative estimate of drug-likeness (QED) is 0.733. The standard InChI is InChI=1S/C10H17N3S/c1-9-7-12-10(13-8-9)11-5-3-4-6-14-2/h7-8H,3-6H2,1-2H3,(H,11,12,13). The fourth-order valence-electron chi connectivity index (χ4n) is 1.06. The van der Waals surface area contributed by atoms with Crippen LogP contribution in [0.1, 0.15) is 18.4 Å². The molecular formula is C10H17N3S. The molecule has 14 heavy (non-hydrogen) atoms. The summed E-state index contributed by atoms with van der Waals surface area (Å²) >= 11 is 1.89. The first kappa shape index (κ1) is 11.3. The Morgan fingerprint density at radius 2 is 2.00 bits per heavy atom. The number of rotatable bonds is 6. The molecule has 0 spiro atoms. The summed E-state index contributed by atoms with van der Waals surface area (Å²) in [5.74, 6) is 1.97. The van der Waals surface area contributed by atoms with Gasteiger partial charge in [0.1, 0.15) is 0 Å². The van der Waals surface area contributed by atoms with Crippen LogP contribution in [0.25, 0.3) is 0 Å². The Bertz CT molecular complexity index is 248. The first-order valence-corrected chi connectivity index (χ1v) is 6.24. The predicted molar refractivity (Wildman–Crippen MR) is 62.9 cm³/mol. The lowest BCUT2D eigenvalue weighted by Crippen LogP contribution is -2.05. The molecule has 78 valence electrons. The lowest BCUT2D eigenvalue weighted by atomic mass is 10.3. The fraction of sp³-hybridized carbons (Fsp3) is 0.600. The van der Waals surface area contributed by atoms with Gasteiger partial charge in [-0.15, -0.1) is 0 Å². The molecule has 1 aromatic heterocycles. The number of aryl methyl sites for hydroxylation is 1. The Labute approximate surface area is 89.7 Å². The van der Waals surface area contributed by atoms with Gasteiger partial charge in [0.15, 0.2) is 0 Å². The average molecular weight is 211 g/mol. The Morgan fingerprint density at radius 1 is 1.29 bits per heavy atom. The molecule has 0 saturated carbocycles. The van der Waals surface area contributed by atoms with Crippen molar-refractivity contribution in [1.82, 2.24) is 9.97 Å². The van der Waals surface area contributed by atoms with E-state index in [1.807, 2.05) is 31.1 Å². The first-order valence-electron chi connectivity index (χ1n) is 4.84. The molecule has 0 radical (unpaired) electrons. The van der Waals surface area contributed by atoms with Gasteiger partial charge in [0.2, 0.25) is 5.95 Å². The number of hydrogen-bond acceptors (Lipinski definition) is 4. The van der Waals surface area contributed by atoms with E-state index in [0.717, 1.165) is 18.1 Å². The Balaban J connectivity index is 2.15. The summed E-state index contributed by atoms with van der Waals surface area (Å²) in [5.41, 5.74) is 1.10. The Morgan fingerprint density at radius 3 is 2.64 bits per heavy atom. The highest BCUT2D eigenvalue weighted by Gasteiger charge is 1.93. The zero-order valence-corrected chi connectivity index (χ0v) is 9.60. The second-order valence-corrected chi connectivity index (χ2v) is 4.20. The fourth-order valence-corrected chi connectivity index (χ4v) is 1.55. The van der Waals surface area contributed by atoms with E-state index in [2.05, 4.69) is 21.5 Å². The highest BCUT2D eigenvalue weighted by atomic mass is 32.2. The summed E-state index contributed by atoms with van der Waals surface area (Å²) in [4.78, 5) is 8.34. The number of hydrogen-bond donors (Lipinski definition) is 1. The van der Waals surface area contributed by atoms with Crippen molar-refractivity contribution in [2.75, 3.05) is 23.9 Å². The summed E-state index contributed by atoms with van der Waals surface area (Å²) in [5, 5.41) is 3.20. The third kappa shape index (κ3) is 4.46. The molecule has 0 saturated heterocycles. The molecule has 0 unspecified atom stereocenters. The lowest BCUT2D eigenvalue weighted by Gasteiger charge is -2.03. The highest BCUT2D eigenvalue weighted by Crippen LogP contribution is 2.01. The number of nitrogens with zero attached hydrogens (tertiary/aromatic N) is 2. The number of unbranched alkanes of at least 4 members (excludes halogenated alkanes) is 1. The second kappa shape index (κ2) is 6.65. The Kier molecular flexibility index (Phi) is 5.37. The van der Waals surface area contributed by atoms with Crippen LogP contribution in [0.3, 0.4) is 0 Å². The third-order valence-electron chi connectivity index (χ3n) is 1.84. The molecule has 0 atom stereocenters. The average Bonchev–Trinajstić information content (AvgIpc) is 2.21. The molecule has 0 amide bonds. The summed E-state index contributed by atoms with van der Waals surface area (Å²) < 4.78 is 0. The molecule has 3 nitrogen and oxygen atoms in total. The Hall–Kier alpha value is -0.770. The van der Waals surface area contributed by atoms with E-state index < -0.39 is 0 Å². The van der Waals surface area contributed by atoms with Crippen molar-refractivity contribution in [1.29, 1.82) is 0 Å². The van der Waals surface area contributed by atoms with Crippen LogP contribution in [0.2, 0.25) is 0 Å². The van der Waals surface area contributed by atoms with Gasteiger partial charge in [-0.05, 0) is 37.3 Å². The van der Waals surface area contributed by atoms with E-state index in [1.165, 1.54) is 18.6 Å². The van der Waals surface area contributed by atoms with E-state index in [4.69, 9.17) is 0 Å². The topological polar surface area (TPSA) is 37.8 Å². The molecule has 1 aromatic rings. The van der Waals surface area contributed by atoms with Crippen molar-refractivity contribution in [3.63, 3.8) is 0 Å². The van der Waals surface area contributed by atoms with Crippen LogP contribution in [0.15, 0.2) is 12.4 Å². The molecule has 0 aliphatic heterocycles. The minimum atomic E-state index is 0.736.